The quantitative estimate of drug-likeness (QED) is 0.280. The molecule has 1 aliphatic rings. The number of rotatable bonds is 12. The molecule has 1 aromatic carbocycles. The van der Waals surface area contributed by atoms with Crippen molar-refractivity contribution in [3.05, 3.63) is 42.1 Å². The summed E-state index contributed by atoms with van der Waals surface area (Å²) >= 11 is 1.49. The number of aliphatic hydroxyl groups is 1. The maximum atomic E-state index is 12.7. The molecule has 10 nitrogen and oxygen atoms in total. The zero-order valence-electron chi connectivity index (χ0n) is 20.9. The number of thiazole rings is 1. The number of aliphatic hydroxyl groups excluding tert-OH is 1. The van der Waals surface area contributed by atoms with Gasteiger partial charge in [0.05, 0.1) is 22.4 Å². The molecule has 12 heteroatoms. The van der Waals surface area contributed by atoms with Gasteiger partial charge >= 0.3 is 0 Å². The van der Waals surface area contributed by atoms with E-state index in [4.69, 9.17) is 0 Å². The van der Waals surface area contributed by atoms with Crippen LogP contribution in [0.25, 0.3) is 21.8 Å². The van der Waals surface area contributed by atoms with Gasteiger partial charge in [0, 0.05) is 44.0 Å². The third kappa shape index (κ3) is 6.77. The van der Waals surface area contributed by atoms with E-state index in [1.165, 1.54) is 15.6 Å². The average Bonchev–Trinajstić information content (AvgIpc) is 3.59. The van der Waals surface area contributed by atoms with Gasteiger partial charge in [-0.3, -0.25) is 0 Å². The van der Waals surface area contributed by atoms with Crippen LogP contribution in [-0.2, 0) is 16.8 Å². The SMILES string of the molecule is CC(O)CNc1nc(-c2cnc(NC(C)C)s2)cc(-c2ccccc2CNS(=O)(=O)N(C)C2CC2)n1. The van der Waals surface area contributed by atoms with Gasteiger partial charge in [-0.05, 0) is 45.2 Å². The number of nitrogens with one attached hydrogen (secondary N) is 3. The molecular weight excluding hydrogens is 498 g/mol. The summed E-state index contributed by atoms with van der Waals surface area (Å²) in [5.74, 6) is 0.374. The third-order valence-corrected chi connectivity index (χ3v) is 8.15. The Morgan fingerprint density at radius 2 is 1.89 bits per heavy atom. The van der Waals surface area contributed by atoms with Gasteiger partial charge in [0.1, 0.15) is 0 Å². The normalized spacial score (nSPS) is 14.9. The van der Waals surface area contributed by atoms with E-state index in [0.717, 1.165) is 34.0 Å². The van der Waals surface area contributed by atoms with Crippen LogP contribution >= 0.6 is 11.3 Å². The van der Waals surface area contributed by atoms with Gasteiger partial charge in [0.2, 0.25) is 5.95 Å². The van der Waals surface area contributed by atoms with Crippen molar-refractivity contribution in [2.75, 3.05) is 24.2 Å². The Bertz CT molecular complexity index is 1290. The zero-order chi connectivity index (χ0) is 25.9. The van der Waals surface area contributed by atoms with Gasteiger partial charge < -0.3 is 15.7 Å². The lowest BCUT2D eigenvalue weighted by atomic mass is 10.0. The van der Waals surface area contributed by atoms with Crippen LogP contribution in [0.5, 0.6) is 0 Å². The van der Waals surface area contributed by atoms with E-state index in [0.29, 0.717) is 23.9 Å². The maximum Gasteiger partial charge on any atom is 0.279 e. The predicted molar refractivity (Wildman–Crippen MR) is 144 cm³/mol. The van der Waals surface area contributed by atoms with Crippen LogP contribution in [0.3, 0.4) is 0 Å². The lowest BCUT2D eigenvalue weighted by Gasteiger charge is -2.18. The van der Waals surface area contributed by atoms with Crippen LogP contribution in [0.15, 0.2) is 36.5 Å². The Balaban J connectivity index is 1.66. The molecule has 1 unspecified atom stereocenters. The summed E-state index contributed by atoms with van der Waals surface area (Å²) < 4.78 is 29.5. The largest absolute Gasteiger partial charge is 0.392 e. The second kappa shape index (κ2) is 11.2. The number of nitrogens with zero attached hydrogens (tertiary/aromatic N) is 4. The molecule has 194 valence electrons. The fourth-order valence-corrected chi connectivity index (χ4v) is 5.63. The molecule has 2 heterocycles. The highest BCUT2D eigenvalue weighted by Crippen LogP contribution is 2.32. The summed E-state index contributed by atoms with van der Waals surface area (Å²) in [7, 11) is -1.97. The summed E-state index contributed by atoms with van der Waals surface area (Å²) in [6, 6.07) is 9.78. The zero-order valence-corrected chi connectivity index (χ0v) is 22.5. The van der Waals surface area contributed by atoms with Crippen molar-refractivity contribution < 1.29 is 13.5 Å². The number of anilines is 2. The van der Waals surface area contributed by atoms with Gasteiger partial charge in [0.15, 0.2) is 5.13 Å². The van der Waals surface area contributed by atoms with Crippen molar-refractivity contribution >= 4 is 32.6 Å². The Kier molecular flexibility index (Phi) is 8.20. The highest BCUT2D eigenvalue weighted by atomic mass is 32.2. The topological polar surface area (TPSA) is 132 Å². The van der Waals surface area contributed by atoms with Gasteiger partial charge in [-0.2, -0.15) is 17.4 Å². The molecule has 0 radical (unpaired) electrons. The Morgan fingerprint density at radius 1 is 1.17 bits per heavy atom. The molecule has 1 fully saturated rings. The van der Waals surface area contributed by atoms with Gasteiger partial charge in [-0.25, -0.2) is 15.0 Å². The fourth-order valence-electron chi connectivity index (χ4n) is 3.57. The Morgan fingerprint density at radius 3 is 2.58 bits per heavy atom. The lowest BCUT2D eigenvalue weighted by Crippen LogP contribution is -2.39. The average molecular weight is 532 g/mol. The van der Waals surface area contributed by atoms with Crippen molar-refractivity contribution in [2.45, 2.75) is 58.3 Å². The molecular formula is C24H33N7O3S2. The molecule has 2 aromatic heterocycles. The molecule has 0 spiro atoms. The van der Waals surface area contributed by atoms with Crippen molar-refractivity contribution in [3.8, 4) is 21.8 Å². The standard InChI is InChI=1S/C24H33N7O3S2/c1-15(2)28-24-26-14-22(35-24)21-11-20(29-23(30-21)25-12-16(3)32)19-8-6-5-7-17(19)13-27-36(33,34)31(4)18-9-10-18/h5-8,11,14-16,18,27,32H,9-10,12-13H2,1-4H3,(H,26,28)(H,25,29,30). The first-order valence-corrected chi connectivity index (χ1v) is 14.2. The smallest absolute Gasteiger partial charge is 0.279 e. The molecule has 1 saturated carbocycles. The molecule has 1 aliphatic carbocycles. The van der Waals surface area contributed by atoms with Crippen molar-refractivity contribution in [3.63, 3.8) is 0 Å². The second-order valence-electron chi connectivity index (χ2n) is 9.25. The summed E-state index contributed by atoms with van der Waals surface area (Å²) in [6.45, 7) is 6.21. The van der Waals surface area contributed by atoms with Gasteiger partial charge in [-0.15, -0.1) is 0 Å². The van der Waals surface area contributed by atoms with Crippen LogP contribution in [0.1, 0.15) is 39.2 Å². The molecule has 36 heavy (non-hydrogen) atoms. The van der Waals surface area contributed by atoms with Crippen molar-refractivity contribution in [1.82, 2.24) is 24.0 Å². The highest BCUT2D eigenvalue weighted by Gasteiger charge is 2.33. The van der Waals surface area contributed by atoms with Gasteiger partial charge in [-0.1, -0.05) is 35.6 Å². The maximum absolute atomic E-state index is 12.7. The number of benzene rings is 1. The van der Waals surface area contributed by atoms with Crippen LogP contribution in [0.4, 0.5) is 11.1 Å². The number of hydrogen-bond acceptors (Lipinski definition) is 9. The van der Waals surface area contributed by atoms with Gasteiger partial charge in [0.25, 0.3) is 10.2 Å². The number of hydrogen-bond donors (Lipinski definition) is 4. The van der Waals surface area contributed by atoms with E-state index in [1.807, 2.05) is 30.3 Å². The first-order valence-electron chi connectivity index (χ1n) is 12.0. The van der Waals surface area contributed by atoms with E-state index >= 15 is 0 Å². The van der Waals surface area contributed by atoms with Crippen LogP contribution in [0.2, 0.25) is 0 Å². The first kappa shape index (κ1) is 26.4. The van der Waals surface area contributed by atoms with Crippen LogP contribution in [0, 0.1) is 0 Å². The molecule has 4 N–H and O–H groups in total. The van der Waals surface area contributed by atoms with Crippen LogP contribution in [-0.4, -0.2) is 64.6 Å². The summed E-state index contributed by atoms with van der Waals surface area (Å²) in [6.07, 6.45) is 2.99. The third-order valence-electron chi connectivity index (χ3n) is 5.63. The van der Waals surface area contributed by atoms with E-state index < -0.39 is 16.3 Å². The molecule has 0 bridgehead atoms. The minimum Gasteiger partial charge on any atom is -0.392 e. The second-order valence-corrected chi connectivity index (χ2v) is 12.1. The van der Waals surface area contributed by atoms with E-state index in [1.54, 1.807) is 20.2 Å². The molecule has 0 saturated heterocycles. The van der Waals surface area contributed by atoms with E-state index in [-0.39, 0.29) is 18.6 Å². The summed E-state index contributed by atoms with van der Waals surface area (Å²) in [5, 5.41) is 16.9. The Labute approximate surface area is 216 Å². The summed E-state index contributed by atoms with van der Waals surface area (Å²) in [4.78, 5) is 14.7. The van der Waals surface area contributed by atoms with Crippen molar-refractivity contribution in [1.29, 1.82) is 0 Å². The molecule has 0 amide bonds. The predicted octanol–water partition coefficient (Wildman–Crippen LogP) is 3.31. The minimum absolute atomic E-state index is 0.0826. The van der Waals surface area contributed by atoms with Crippen LogP contribution < -0.4 is 15.4 Å². The molecule has 3 aromatic rings. The van der Waals surface area contributed by atoms with E-state index in [9.17, 15) is 13.5 Å². The first-order chi connectivity index (χ1) is 17.1. The minimum atomic E-state index is -3.58. The monoisotopic (exact) mass is 531 g/mol. The molecule has 0 aliphatic heterocycles. The van der Waals surface area contributed by atoms with E-state index in [2.05, 4.69) is 44.2 Å². The van der Waals surface area contributed by atoms with Crippen molar-refractivity contribution in [2.24, 2.45) is 0 Å². The molecule has 4 rings (SSSR count). The fraction of sp³-hybridized carbons (Fsp3) is 0.458. The lowest BCUT2D eigenvalue weighted by molar-refractivity contribution is 0.208. The Hall–Kier alpha value is -2.64. The molecule has 1 atom stereocenters. The highest BCUT2D eigenvalue weighted by molar-refractivity contribution is 7.87. The summed E-state index contributed by atoms with van der Waals surface area (Å²) in [5.41, 5.74) is 2.92. The number of aromatic nitrogens is 3.